The molecule has 3 atom stereocenters. The first-order chi connectivity index (χ1) is 11.3. The SMILES string of the molecule is CC(=O)O[C@H]1CC/C=C/CC/C(C)=C/C[C@]2(C(C)C)CC[C@@]1(C)O2. The summed E-state index contributed by atoms with van der Waals surface area (Å²) in [6.45, 7) is 10.3. The average molecular weight is 335 g/mol. The van der Waals surface area contributed by atoms with Crippen molar-refractivity contribution in [2.45, 2.75) is 96.9 Å². The monoisotopic (exact) mass is 334 g/mol. The second kappa shape index (κ2) is 7.86. The summed E-state index contributed by atoms with van der Waals surface area (Å²) in [5.41, 5.74) is 0.905. The zero-order chi connectivity index (χ0) is 17.8. The minimum Gasteiger partial charge on any atom is -0.459 e. The quantitative estimate of drug-likeness (QED) is 0.504. The number of carbonyl (C=O) groups excluding carboxylic acids is 1. The smallest absolute Gasteiger partial charge is 0.303 e. The van der Waals surface area contributed by atoms with E-state index >= 15 is 0 Å². The van der Waals surface area contributed by atoms with E-state index in [0.29, 0.717) is 5.92 Å². The van der Waals surface area contributed by atoms with Crippen molar-refractivity contribution in [3.8, 4) is 0 Å². The Labute approximate surface area is 147 Å². The standard InChI is InChI=1S/C21H34O3/c1-16(2)21-13-12-17(3)10-8-6-7-9-11-19(23-18(4)22)20(5,24-21)14-15-21/h6-7,12,16,19H,8-11,13-15H2,1-5H3/b7-6+,17-12+/t19-,20+,21+/m0/s1. The van der Waals surface area contributed by atoms with E-state index in [1.807, 2.05) is 0 Å². The normalized spacial score (nSPS) is 38.4. The second-order valence-electron chi connectivity index (χ2n) is 8.07. The van der Waals surface area contributed by atoms with Crippen molar-refractivity contribution in [2.24, 2.45) is 5.92 Å². The highest BCUT2D eigenvalue weighted by atomic mass is 16.6. The molecule has 2 bridgehead atoms. The van der Waals surface area contributed by atoms with Crippen molar-refractivity contribution in [3.63, 3.8) is 0 Å². The molecular weight excluding hydrogens is 300 g/mol. The fraction of sp³-hybridized carbons (Fsp3) is 0.762. The molecule has 24 heavy (non-hydrogen) atoms. The Balaban J connectivity index is 2.31. The molecule has 3 heteroatoms. The lowest BCUT2D eigenvalue weighted by atomic mass is 9.82. The third-order valence-electron chi connectivity index (χ3n) is 5.79. The van der Waals surface area contributed by atoms with Crippen molar-refractivity contribution in [1.29, 1.82) is 0 Å². The zero-order valence-electron chi connectivity index (χ0n) is 16.1. The molecule has 2 heterocycles. The second-order valence-corrected chi connectivity index (χ2v) is 8.07. The largest absolute Gasteiger partial charge is 0.459 e. The van der Waals surface area contributed by atoms with Crippen LogP contribution >= 0.6 is 0 Å². The molecule has 0 aromatic heterocycles. The number of rotatable bonds is 2. The van der Waals surface area contributed by atoms with Crippen LogP contribution in [0.3, 0.4) is 0 Å². The molecule has 0 amide bonds. The Morgan fingerprint density at radius 2 is 2.00 bits per heavy atom. The van der Waals surface area contributed by atoms with E-state index in [4.69, 9.17) is 9.47 Å². The van der Waals surface area contributed by atoms with E-state index in [-0.39, 0.29) is 23.3 Å². The molecule has 0 saturated carbocycles. The van der Waals surface area contributed by atoms with Crippen LogP contribution in [0.1, 0.15) is 79.6 Å². The third-order valence-corrected chi connectivity index (χ3v) is 5.79. The first-order valence-electron chi connectivity index (χ1n) is 9.45. The van der Waals surface area contributed by atoms with Crippen LogP contribution in [0.15, 0.2) is 23.8 Å². The molecule has 3 nitrogen and oxygen atoms in total. The predicted octanol–water partition coefficient (Wildman–Crippen LogP) is 5.35. The van der Waals surface area contributed by atoms with Crippen LogP contribution in [0.2, 0.25) is 0 Å². The molecule has 0 radical (unpaired) electrons. The number of esters is 1. The Morgan fingerprint density at radius 3 is 2.67 bits per heavy atom. The minimum absolute atomic E-state index is 0.143. The molecule has 2 rings (SSSR count). The van der Waals surface area contributed by atoms with Crippen LogP contribution < -0.4 is 0 Å². The summed E-state index contributed by atoms with van der Waals surface area (Å²) in [6.07, 6.45) is 13.5. The Kier molecular flexibility index (Phi) is 6.30. The lowest BCUT2D eigenvalue weighted by Crippen LogP contribution is -2.46. The molecule has 2 aliphatic heterocycles. The van der Waals surface area contributed by atoms with Gasteiger partial charge in [-0.1, -0.05) is 37.6 Å². The summed E-state index contributed by atoms with van der Waals surface area (Å²) in [4.78, 5) is 11.6. The van der Waals surface area contributed by atoms with Gasteiger partial charge >= 0.3 is 5.97 Å². The first kappa shape index (κ1) is 19.2. The molecule has 0 aromatic carbocycles. The minimum atomic E-state index is -0.389. The molecule has 0 spiro atoms. The van der Waals surface area contributed by atoms with Gasteiger partial charge in [0.25, 0.3) is 0 Å². The van der Waals surface area contributed by atoms with Gasteiger partial charge in [0.1, 0.15) is 11.7 Å². The molecule has 136 valence electrons. The summed E-state index contributed by atoms with van der Waals surface area (Å²) < 4.78 is 12.4. The summed E-state index contributed by atoms with van der Waals surface area (Å²) in [6, 6.07) is 0. The molecule has 0 aliphatic carbocycles. The summed E-state index contributed by atoms with van der Waals surface area (Å²) in [5.74, 6) is 0.223. The van der Waals surface area contributed by atoms with E-state index in [1.54, 1.807) is 0 Å². The van der Waals surface area contributed by atoms with Crippen LogP contribution in [-0.4, -0.2) is 23.3 Å². The van der Waals surface area contributed by atoms with Gasteiger partial charge in [0.2, 0.25) is 0 Å². The zero-order valence-corrected chi connectivity index (χ0v) is 16.1. The van der Waals surface area contributed by atoms with Crippen molar-refractivity contribution >= 4 is 5.97 Å². The van der Waals surface area contributed by atoms with Gasteiger partial charge in [0, 0.05) is 6.92 Å². The maximum Gasteiger partial charge on any atom is 0.303 e. The molecule has 1 saturated heterocycles. The fourth-order valence-corrected chi connectivity index (χ4v) is 3.97. The number of ether oxygens (including phenoxy) is 2. The van der Waals surface area contributed by atoms with Gasteiger partial charge in [-0.05, 0) is 64.7 Å². The van der Waals surface area contributed by atoms with Gasteiger partial charge < -0.3 is 9.47 Å². The van der Waals surface area contributed by atoms with Gasteiger partial charge in [-0.15, -0.1) is 0 Å². The van der Waals surface area contributed by atoms with Crippen LogP contribution in [0, 0.1) is 5.92 Å². The van der Waals surface area contributed by atoms with E-state index in [1.165, 1.54) is 12.5 Å². The van der Waals surface area contributed by atoms with E-state index in [2.05, 4.69) is 45.9 Å². The molecule has 0 N–H and O–H groups in total. The van der Waals surface area contributed by atoms with Crippen molar-refractivity contribution < 1.29 is 14.3 Å². The molecular formula is C21H34O3. The highest BCUT2D eigenvalue weighted by Gasteiger charge is 2.52. The lowest BCUT2D eigenvalue weighted by Gasteiger charge is -2.39. The maximum absolute atomic E-state index is 11.6. The van der Waals surface area contributed by atoms with E-state index < -0.39 is 0 Å². The third kappa shape index (κ3) is 4.50. The van der Waals surface area contributed by atoms with Crippen LogP contribution in [-0.2, 0) is 14.3 Å². The molecule has 1 fully saturated rings. The number of hydrogen-bond donors (Lipinski definition) is 0. The topological polar surface area (TPSA) is 35.5 Å². The average Bonchev–Trinajstić information content (AvgIpc) is 2.86. The number of hydrogen-bond acceptors (Lipinski definition) is 3. The van der Waals surface area contributed by atoms with Crippen molar-refractivity contribution in [2.75, 3.05) is 0 Å². The van der Waals surface area contributed by atoms with Gasteiger partial charge in [0.15, 0.2) is 0 Å². The van der Waals surface area contributed by atoms with E-state index in [9.17, 15) is 4.79 Å². The highest BCUT2D eigenvalue weighted by molar-refractivity contribution is 5.66. The Hall–Kier alpha value is -1.09. The van der Waals surface area contributed by atoms with Gasteiger partial charge in [-0.25, -0.2) is 0 Å². The van der Waals surface area contributed by atoms with Gasteiger partial charge in [0.05, 0.1) is 5.60 Å². The van der Waals surface area contributed by atoms with Crippen LogP contribution in [0.25, 0.3) is 0 Å². The fourth-order valence-electron chi connectivity index (χ4n) is 3.97. The van der Waals surface area contributed by atoms with Crippen LogP contribution in [0.5, 0.6) is 0 Å². The molecule has 0 unspecified atom stereocenters. The number of allylic oxidation sites excluding steroid dienone is 3. The summed E-state index contributed by atoms with van der Waals surface area (Å²) >= 11 is 0. The molecule has 2 aliphatic rings. The predicted molar refractivity (Wildman–Crippen MR) is 97.8 cm³/mol. The summed E-state index contributed by atoms with van der Waals surface area (Å²) in [5, 5.41) is 0. The van der Waals surface area contributed by atoms with Crippen LogP contribution in [0.4, 0.5) is 0 Å². The van der Waals surface area contributed by atoms with Gasteiger partial charge in [-0.2, -0.15) is 0 Å². The molecule has 0 aromatic rings. The van der Waals surface area contributed by atoms with Crippen molar-refractivity contribution in [1.82, 2.24) is 0 Å². The van der Waals surface area contributed by atoms with E-state index in [0.717, 1.165) is 44.9 Å². The highest BCUT2D eigenvalue weighted by Crippen LogP contribution is 2.47. The van der Waals surface area contributed by atoms with Crippen molar-refractivity contribution in [3.05, 3.63) is 23.8 Å². The Bertz CT molecular complexity index is 505. The maximum atomic E-state index is 11.6. The number of carbonyl (C=O) groups is 1. The first-order valence-corrected chi connectivity index (χ1v) is 9.45. The number of fused-ring (bicyclic) bond motifs is 2. The van der Waals surface area contributed by atoms with Gasteiger partial charge in [-0.3, -0.25) is 4.79 Å². The Morgan fingerprint density at radius 1 is 1.29 bits per heavy atom. The summed E-state index contributed by atoms with van der Waals surface area (Å²) in [7, 11) is 0. The lowest BCUT2D eigenvalue weighted by molar-refractivity contribution is -0.186.